The van der Waals surface area contributed by atoms with Gasteiger partial charge in [-0.05, 0) is 258 Å². The molecule has 5 heteroatoms. The second-order valence-corrected chi connectivity index (χ2v) is 27.8. The Labute approximate surface area is 459 Å². The van der Waals surface area contributed by atoms with Gasteiger partial charge in [-0.25, -0.2) is 0 Å². The molecular weight excluding hydrogens is 948 g/mol. The van der Waals surface area contributed by atoms with Crippen molar-refractivity contribution in [3.63, 3.8) is 0 Å². The average Bonchev–Trinajstić information content (AvgIpc) is 2.78. The van der Waals surface area contributed by atoms with Crippen LogP contribution in [-0.2, 0) is 16.2 Å². The molecule has 8 aromatic carbocycles. The van der Waals surface area contributed by atoms with Gasteiger partial charge in [0.05, 0.1) is 5.69 Å². The number of hydrogen-bond acceptors (Lipinski definition) is 3. The second-order valence-electron chi connectivity index (χ2n) is 27.8. The lowest BCUT2D eigenvalue weighted by molar-refractivity contribution is -0.00527. The van der Waals surface area contributed by atoms with E-state index in [4.69, 9.17) is 9.47 Å². The van der Waals surface area contributed by atoms with Crippen molar-refractivity contribution in [1.29, 1.82) is 0 Å². The zero-order valence-electron chi connectivity index (χ0n) is 45.7. The van der Waals surface area contributed by atoms with Gasteiger partial charge in [0.2, 0.25) is 0 Å². The summed E-state index contributed by atoms with van der Waals surface area (Å²) in [6.45, 7) is 9.16. The van der Waals surface area contributed by atoms with E-state index in [0.29, 0.717) is 5.41 Å². The zero-order chi connectivity index (χ0) is 51.6. The summed E-state index contributed by atoms with van der Waals surface area (Å²) in [5, 5.41) is 2.92. The Morgan fingerprint density at radius 2 is 1.06 bits per heavy atom. The van der Waals surface area contributed by atoms with Crippen molar-refractivity contribution < 1.29 is 9.47 Å². The summed E-state index contributed by atoms with van der Waals surface area (Å²) in [5.41, 5.74) is 22.9. The lowest BCUT2D eigenvalue weighted by Gasteiger charge is -2.57. The minimum atomic E-state index is -0.143. The molecule has 3 aliphatic heterocycles. The molecular formula is C73H67BN2O2. The van der Waals surface area contributed by atoms with Gasteiger partial charge >= 0.3 is 6.85 Å². The van der Waals surface area contributed by atoms with E-state index in [1.165, 1.54) is 160 Å². The Morgan fingerprint density at radius 1 is 0.462 bits per heavy atom. The second kappa shape index (κ2) is 15.6. The van der Waals surface area contributed by atoms with Crippen molar-refractivity contribution in [2.24, 2.45) is 35.5 Å². The summed E-state index contributed by atoms with van der Waals surface area (Å²) < 4.78 is 16.7. The summed E-state index contributed by atoms with van der Waals surface area (Å²) in [6.07, 6.45) is 16.8. The molecule has 0 atom stereocenters. The van der Waals surface area contributed by atoms with Crippen molar-refractivity contribution in [2.45, 2.75) is 121 Å². The van der Waals surface area contributed by atoms with E-state index in [1.54, 1.807) is 11.1 Å². The Bertz CT molecular complexity index is 4010. The van der Waals surface area contributed by atoms with Crippen LogP contribution in [0.1, 0.15) is 120 Å². The first kappa shape index (κ1) is 44.9. The highest BCUT2D eigenvalue weighted by molar-refractivity contribution is 6.90. The average molecular weight is 1020 g/mol. The molecule has 78 heavy (non-hydrogen) atoms. The van der Waals surface area contributed by atoms with E-state index in [0.717, 1.165) is 69.9 Å². The van der Waals surface area contributed by atoms with Gasteiger partial charge < -0.3 is 18.9 Å². The number of fused-ring (bicyclic) bond motifs is 9. The SMILES string of the molecule is Cc1ccccc1-c1cc2c3c(c1)N(c1ccc(C(C)(C)C)cc1-c1ccccc1)c1cc4c(cc1B3n1c3ccc(C56CC7CC(CC(C7)C5)C6)cc3c3cc(C56CC7CC(CC(C7)C5)C6)cc-2c31)Oc1ccccc1O4. The molecule has 384 valence electrons. The third-order valence-electron chi connectivity index (χ3n) is 22.0. The Balaban J connectivity index is 0.968. The van der Waals surface area contributed by atoms with E-state index in [9.17, 15) is 0 Å². The minimum Gasteiger partial charge on any atom is -0.450 e. The smallest absolute Gasteiger partial charge is 0.333 e. The molecule has 0 spiro atoms. The van der Waals surface area contributed by atoms with Crippen LogP contribution in [0.3, 0.4) is 0 Å². The number of aromatic nitrogens is 1. The highest BCUT2D eigenvalue weighted by atomic mass is 16.6. The summed E-state index contributed by atoms with van der Waals surface area (Å²) >= 11 is 0. The topological polar surface area (TPSA) is 26.6 Å². The van der Waals surface area contributed by atoms with Gasteiger partial charge in [-0.3, -0.25) is 0 Å². The molecule has 8 bridgehead atoms. The Kier molecular flexibility index (Phi) is 9.02. The van der Waals surface area contributed by atoms with Gasteiger partial charge in [-0.2, -0.15) is 0 Å². The molecule has 20 rings (SSSR count). The van der Waals surface area contributed by atoms with Gasteiger partial charge in [0, 0.05) is 50.4 Å². The number of anilines is 3. The summed E-state index contributed by atoms with van der Waals surface area (Å²) in [6, 6.07) is 59.0. The monoisotopic (exact) mass is 1010 g/mol. The van der Waals surface area contributed by atoms with Gasteiger partial charge in [0.25, 0.3) is 0 Å². The normalized spacial score (nSPS) is 27.1. The molecule has 8 aliphatic carbocycles. The molecule has 4 heterocycles. The van der Waals surface area contributed by atoms with Crippen LogP contribution in [0, 0.1) is 42.4 Å². The standard InChI is InChI=1S/C73H67BN2O2/c1-42-12-8-9-15-54(42)50-28-57-59-33-53(73-39-46-25-47(40-73)27-48(26-46)41-73)32-58-56-31-52(72-36-43-22-44(37-72)24-45(23-43)38-72)19-21-62(56)76(70(58)59)74-60-34-67-68(78-66-17-11-10-16-65(66)77-67)35-63(60)75(64(29-50)69(57)74)61-20-18-51(71(2,3)4)30-55(61)49-13-6-5-7-14-49/h5-21,28-35,43-48H,22-27,36-41H2,1-4H3. The van der Waals surface area contributed by atoms with Crippen LogP contribution >= 0.6 is 0 Å². The first-order valence-electron chi connectivity index (χ1n) is 30.0. The van der Waals surface area contributed by atoms with Gasteiger partial charge in [-0.15, -0.1) is 0 Å². The summed E-state index contributed by atoms with van der Waals surface area (Å²) in [7, 11) is 0. The van der Waals surface area contributed by atoms with E-state index in [-0.39, 0.29) is 17.7 Å². The first-order chi connectivity index (χ1) is 38.0. The van der Waals surface area contributed by atoms with Crippen molar-refractivity contribution in [3.8, 4) is 56.4 Å². The molecule has 8 saturated carbocycles. The first-order valence-corrected chi connectivity index (χ1v) is 30.0. The van der Waals surface area contributed by atoms with E-state index >= 15 is 0 Å². The Morgan fingerprint density at radius 3 is 1.72 bits per heavy atom. The van der Waals surface area contributed by atoms with Crippen LogP contribution in [0.15, 0.2) is 152 Å². The molecule has 0 amide bonds. The molecule has 0 N–H and O–H groups in total. The van der Waals surface area contributed by atoms with Gasteiger partial charge in [0.15, 0.2) is 23.0 Å². The maximum absolute atomic E-state index is 6.97. The van der Waals surface area contributed by atoms with Crippen molar-refractivity contribution in [1.82, 2.24) is 4.48 Å². The van der Waals surface area contributed by atoms with Gasteiger partial charge in [-0.1, -0.05) is 99.6 Å². The highest BCUT2D eigenvalue weighted by Crippen LogP contribution is 2.64. The molecule has 0 saturated heterocycles. The molecule has 0 unspecified atom stereocenters. The van der Waals surface area contributed by atoms with Crippen molar-refractivity contribution >= 4 is 56.6 Å². The molecule has 8 fully saturated rings. The summed E-state index contributed by atoms with van der Waals surface area (Å²) in [4.78, 5) is 2.63. The lowest BCUT2D eigenvalue weighted by Crippen LogP contribution is -2.56. The van der Waals surface area contributed by atoms with E-state index in [2.05, 4.69) is 164 Å². The van der Waals surface area contributed by atoms with Crippen LogP contribution in [0.4, 0.5) is 17.1 Å². The zero-order valence-corrected chi connectivity index (χ0v) is 45.7. The predicted octanol–water partition coefficient (Wildman–Crippen LogP) is 18.0. The van der Waals surface area contributed by atoms with Crippen LogP contribution < -0.4 is 25.3 Å². The number of para-hydroxylation sites is 2. The Hall–Kier alpha value is -6.98. The van der Waals surface area contributed by atoms with Crippen molar-refractivity contribution in [2.75, 3.05) is 4.90 Å². The minimum absolute atomic E-state index is 0.0525. The third kappa shape index (κ3) is 6.31. The maximum atomic E-state index is 6.97. The van der Waals surface area contributed by atoms with E-state index in [1.807, 2.05) is 24.3 Å². The number of hydrogen-bond donors (Lipinski definition) is 0. The number of benzene rings is 8. The largest absolute Gasteiger partial charge is 0.450 e. The lowest BCUT2D eigenvalue weighted by atomic mass is 9.44. The number of nitrogens with zero attached hydrogens (tertiary/aromatic N) is 2. The highest BCUT2D eigenvalue weighted by Gasteiger charge is 2.54. The van der Waals surface area contributed by atoms with E-state index < -0.39 is 0 Å². The molecule has 11 aliphatic rings. The van der Waals surface area contributed by atoms with Crippen molar-refractivity contribution in [3.05, 3.63) is 174 Å². The van der Waals surface area contributed by atoms with Crippen LogP contribution in [0.2, 0.25) is 0 Å². The predicted molar refractivity (Wildman–Crippen MR) is 321 cm³/mol. The van der Waals surface area contributed by atoms with Crippen LogP contribution in [-0.4, -0.2) is 11.3 Å². The van der Waals surface area contributed by atoms with Gasteiger partial charge in [0.1, 0.15) is 0 Å². The fourth-order valence-corrected chi connectivity index (χ4v) is 19.5. The number of rotatable bonds is 5. The molecule has 9 aromatic rings. The fraction of sp³-hybridized carbons (Fsp3) is 0.342. The number of ether oxygens (including phenoxy) is 2. The maximum Gasteiger partial charge on any atom is 0.333 e. The molecule has 0 radical (unpaired) electrons. The van der Waals surface area contributed by atoms with Crippen LogP contribution in [0.25, 0.3) is 55.2 Å². The molecule has 1 aromatic heterocycles. The van der Waals surface area contributed by atoms with Crippen LogP contribution in [0.5, 0.6) is 23.0 Å². The summed E-state index contributed by atoms with van der Waals surface area (Å²) in [5.74, 6) is 8.22. The molecule has 4 nitrogen and oxygen atoms in total. The third-order valence-corrected chi connectivity index (χ3v) is 22.0. The fourth-order valence-electron chi connectivity index (χ4n) is 19.5. The number of aryl methyl sites for hydroxylation is 1. The quantitative estimate of drug-likeness (QED) is 0.161.